The highest BCUT2D eigenvalue weighted by atomic mass is 32.2. The van der Waals surface area contributed by atoms with Crippen molar-refractivity contribution in [2.24, 2.45) is 0 Å². The molecule has 1 N–H and O–H groups in total. The minimum absolute atomic E-state index is 0.0903. The molecule has 1 atom stereocenters. The molecule has 0 spiro atoms. The summed E-state index contributed by atoms with van der Waals surface area (Å²) in [5, 5.41) is 0. The number of hydrogen-bond acceptors (Lipinski definition) is 4. The van der Waals surface area contributed by atoms with Crippen molar-refractivity contribution < 1.29 is 12.8 Å². The van der Waals surface area contributed by atoms with E-state index >= 15 is 0 Å². The molecule has 28 heavy (non-hydrogen) atoms. The molecule has 3 rings (SSSR count). The number of nitrogens with zero attached hydrogens (tertiary/aromatic N) is 2. The fourth-order valence-corrected chi connectivity index (χ4v) is 4.71. The number of halogens is 1. The van der Waals surface area contributed by atoms with E-state index in [0.717, 1.165) is 51.3 Å². The van der Waals surface area contributed by atoms with Gasteiger partial charge in [-0.3, -0.25) is 4.90 Å². The number of piperazine rings is 1. The van der Waals surface area contributed by atoms with E-state index in [0.29, 0.717) is 0 Å². The van der Waals surface area contributed by atoms with Crippen molar-refractivity contribution in [1.82, 2.24) is 9.62 Å². The Bertz CT molecular complexity index is 879. The number of aryl methyl sites for hydroxylation is 1. The zero-order chi connectivity index (χ0) is 20.1. The Labute approximate surface area is 167 Å². The molecule has 0 unspecified atom stereocenters. The molecule has 0 aliphatic carbocycles. The average molecular weight is 406 g/mol. The maximum Gasteiger partial charge on any atom is 0.240 e. The van der Waals surface area contributed by atoms with Crippen molar-refractivity contribution in [1.29, 1.82) is 0 Å². The Hall–Kier alpha value is -1.96. The smallest absolute Gasteiger partial charge is 0.240 e. The van der Waals surface area contributed by atoms with Crippen LogP contribution in [0.1, 0.15) is 18.9 Å². The van der Waals surface area contributed by atoms with Crippen LogP contribution in [0.3, 0.4) is 0 Å². The molecule has 1 saturated heterocycles. The maximum absolute atomic E-state index is 13.0. The molecule has 1 heterocycles. The second-order valence-corrected chi connectivity index (χ2v) is 9.15. The summed E-state index contributed by atoms with van der Waals surface area (Å²) in [6, 6.07) is 13.3. The van der Waals surface area contributed by atoms with Gasteiger partial charge in [0.2, 0.25) is 10.0 Å². The number of nitrogens with one attached hydrogen (secondary N) is 1. The highest BCUT2D eigenvalue weighted by molar-refractivity contribution is 7.89. The zero-order valence-corrected chi connectivity index (χ0v) is 17.3. The zero-order valence-electron chi connectivity index (χ0n) is 16.4. The lowest BCUT2D eigenvalue weighted by Gasteiger charge is -2.36. The van der Waals surface area contributed by atoms with E-state index in [4.69, 9.17) is 0 Å². The van der Waals surface area contributed by atoms with Crippen LogP contribution < -0.4 is 9.62 Å². The van der Waals surface area contributed by atoms with Gasteiger partial charge in [0.25, 0.3) is 0 Å². The summed E-state index contributed by atoms with van der Waals surface area (Å²) in [5.41, 5.74) is 2.53. The third-order valence-electron chi connectivity index (χ3n) is 5.10. The van der Waals surface area contributed by atoms with Crippen LogP contribution in [-0.2, 0) is 10.0 Å². The normalized spacial score (nSPS) is 16.9. The predicted octanol–water partition coefficient (Wildman–Crippen LogP) is 3.01. The summed E-state index contributed by atoms with van der Waals surface area (Å²) in [6.45, 7) is 8.68. The topological polar surface area (TPSA) is 52.6 Å². The van der Waals surface area contributed by atoms with E-state index in [1.54, 1.807) is 0 Å². The standard InChI is InChI=1S/C21H28FN3O2S/c1-17-4-3-5-20(16-17)25-14-12-24(13-15-25)11-10-18(2)23-28(26,27)21-8-6-19(22)7-9-21/h3-9,16,18,23H,10-15H2,1-2H3/t18-/m1/s1. The molecule has 0 saturated carbocycles. The quantitative estimate of drug-likeness (QED) is 0.769. The molecule has 0 radical (unpaired) electrons. The van der Waals surface area contributed by atoms with Crippen LogP contribution in [0.25, 0.3) is 0 Å². The first kappa shape index (κ1) is 20.8. The summed E-state index contributed by atoms with van der Waals surface area (Å²) in [4.78, 5) is 4.85. The van der Waals surface area contributed by atoms with Crippen molar-refractivity contribution in [2.75, 3.05) is 37.6 Å². The van der Waals surface area contributed by atoms with Crippen LogP contribution >= 0.6 is 0 Å². The summed E-state index contributed by atoms with van der Waals surface area (Å²) < 4.78 is 40.4. The van der Waals surface area contributed by atoms with E-state index in [2.05, 4.69) is 45.7 Å². The van der Waals surface area contributed by atoms with Gasteiger partial charge >= 0.3 is 0 Å². The van der Waals surface area contributed by atoms with E-state index < -0.39 is 15.8 Å². The van der Waals surface area contributed by atoms with Gasteiger partial charge in [-0.25, -0.2) is 17.5 Å². The number of sulfonamides is 1. The minimum Gasteiger partial charge on any atom is -0.369 e. The molecule has 1 fully saturated rings. The fourth-order valence-electron chi connectivity index (χ4n) is 3.44. The number of hydrogen-bond donors (Lipinski definition) is 1. The molecule has 1 aliphatic heterocycles. The van der Waals surface area contributed by atoms with E-state index in [1.165, 1.54) is 23.4 Å². The highest BCUT2D eigenvalue weighted by Crippen LogP contribution is 2.18. The molecule has 2 aromatic carbocycles. The van der Waals surface area contributed by atoms with Crippen molar-refractivity contribution in [2.45, 2.75) is 31.2 Å². The van der Waals surface area contributed by atoms with Gasteiger partial charge in [-0.05, 0) is 68.8 Å². The Morgan fingerprint density at radius 3 is 2.39 bits per heavy atom. The van der Waals surface area contributed by atoms with Gasteiger partial charge in [0.05, 0.1) is 4.90 Å². The molecule has 1 aliphatic rings. The van der Waals surface area contributed by atoms with Crippen molar-refractivity contribution in [3.63, 3.8) is 0 Å². The molecular formula is C21H28FN3O2S. The lowest BCUT2D eigenvalue weighted by atomic mass is 10.2. The van der Waals surface area contributed by atoms with Crippen LogP contribution in [0.5, 0.6) is 0 Å². The third-order valence-corrected chi connectivity index (χ3v) is 6.70. The lowest BCUT2D eigenvalue weighted by molar-refractivity contribution is 0.248. The van der Waals surface area contributed by atoms with Gasteiger partial charge in [0.1, 0.15) is 5.82 Å². The van der Waals surface area contributed by atoms with Crippen LogP contribution in [0.4, 0.5) is 10.1 Å². The second kappa shape index (κ2) is 9.03. The molecule has 0 aromatic heterocycles. The van der Waals surface area contributed by atoms with Gasteiger partial charge in [-0.1, -0.05) is 12.1 Å². The van der Waals surface area contributed by atoms with Crippen molar-refractivity contribution in [3.05, 3.63) is 59.9 Å². The number of anilines is 1. The van der Waals surface area contributed by atoms with Gasteiger partial charge in [-0.2, -0.15) is 0 Å². The average Bonchev–Trinajstić information content (AvgIpc) is 2.67. The number of rotatable bonds is 7. The lowest BCUT2D eigenvalue weighted by Crippen LogP contribution is -2.47. The summed E-state index contributed by atoms with van der Waals surface area (Å²) >= 11 is 0. The first-order chi connectivity index (χ1) is 13.3. The van der Waals surface area contributed by atoms with Crippen LogP contribution in [0.15, 0.2) is 53.4 Å². The largest absolute Gasteiger partial charge is 0.369 e. The van der Waals surface area contributed by atoms with Gasteiger partial charge in [0.15, 0.2) is 0 Å². The Kier molecular flexibility index (Phi) is 6.69. The monoisotopic (exact) mass is 405 g/mol. The van der Waals surface area contributed by atoms with Gasteiger partial charge < -0.3 is 4.90 Å². The van der Waals surface area contributed by atoms with E-state index in [1.807, 2.05) is 6.92 Å². The SMILES string of the molecule is Cc1cccc(N2CCN(CC[C@@H](C)NS(=O)(=O)c3ccc(F)cc3)CC2)c1. The van der Waals surface area contributed by atoms with Crippen molar-refractivity contribution in [3.8, 4) is 0 Å². The Morgan fingerprint density at radius 1 is 1.07 bits per heavy atom. The molecular weight excluding hydrogens is 377 g/mol. The second-order valence-electron chi connectivity index (χ2n) is 7.43. The molecule has 0 bridgehead atoms. The summed E-state index contributed by atoms with van der Waals surface area (Å²) in [7, 11) is -3.62. The predicted molar refractivity (Wildman–Crippen MR) is 111 cm³/mol. The van der Waals surface area contributed by atoms with Crippen LogP contribution in [-0.4, -0.2) is 52.1 Å². The third kappa shape index (κ3) is 5.53. The molecule has 7 heteroatoms. The summed E-state index contributed by atoms with van der Waals surface area (Å²) in [5.74, 6) is -0.447. The molecule has 5 nitrogen and oxygen atoms in total. The first-order valence-electron chi connectivity index (χ1n) is 9.65. The van der Waals surface area contributed by atoms with Crippen LogP contribution in [0, 0.1) is 12.7 Å². The molecule has 2 aromatic rings. The van der Waals surface area contributed by atoms with E-state index in [9.17, 15) is 12.8 Å². The minimum atomic E-state index is -3.62. The Balaban J connectivity index is 1.45. The number of benzene rings is 2. The highest BCUT2D eigenvalue weighted by Gasteiger charge is 2.20. The van der Waals surface area contributed by atoms with Gasteiger partial charge in [0, 0.05) is 37.9 Å². The van der Waals surface area contributed by atoms with E-state index in [-0.39, 0.29) is 10.9 Å². The van der Waals surface area contributed by atoms with Crippen LogP contribution in [0.2, 0.25) is 0 Å². The molecule has 0 amide bonds. The van der Waals surface area contributed by atoms with Crippen molar-refractivity contribution >= 4 is 15.7 Å². The summed E-state index contributed by atoms with van der Waals surface area (Å²) in [6.07, 6.45) is 0.727. The van der Waals surface area contributed by atoms with Gasteiger partial charge in [-0.15, -0.1) is 0 Å². The molecule has 152 valence electrons. The first-order valence-corrected chi connectivity index (χ1v) is 11.1. The maximum atomic E-state index is 13.0. The fraction of sp³-hybridized carbons (Fsp3) is 0.429. The Morgan fingerprint density at radius 2 is 1.75 bits per heavy atom.